The number of alkyl halides is 3. The molecule has 172 valence electrons. The summed E-state index contributed by atoms with van der Waals surface area (Å²) in [5, 5.41) is 2.83. The number of rotatable bonds is 5. The lowest BCUT2D eigenvalue weighted by atomic mass is 9.94. The third-order valence-electron chi connectivity index (χ3n) is 5.62. The highest BCUT2D eigenvalue weighted by atomic mass is 19.4. The number of carbonyl (C=O) groups excluding carboxylic acids is 2. The summed E-state index contributed by atoms with van der Waals surface area (Å²) in [6.45, 7) is 1.46. The van der Waals surface area contributed by atoms with E-state index in [4.69, 9.17) is 9.47 Å². The van der Waals surface area contributed by atoms with Gasteiger partial charge in [0.25, 0.3) is 5.91 Å². The first kappa shape index (κ1) is 22.0. The number of carbonyl (C=O) groups is 2. The fraction of sp³-hybridized carbons (Fsp3) is 0.455. The summed E-state index contributed by atoms with van der Waals surface area (Å²) in [6.07, 6.45) is 0.577. The van der Waals surface area contributed by atoms with Crippen LogP contribution in [0.1, 0.15) is 19.3 Å². The van der Waals surface area contributed by atoms with Crippen LogP contribution >= 0.6 is 0 Å². The molecule has 0 saturated carbocycles. The summed E-state index contributed by atoms with van der Waals surface area (Å²) < 4.78 is 52.0. The normalized spacial score (nSPS) is 21.5. The van der Waals surface area contributed by atoms with Crippen molar-refractivity contribution >= 4 is 11.8 Å². The number of likely N-dealkylation sites (tertiary alicyclic amines) is 1. The van der Waals surface area contributed by atoms with Gasteiger partial charge < -0.3 is 24.4 Å². The number of piperidine rings is 1. The van der Waals surface area contributed by atoms with Gasteiger partial charge in [-0.15, -0.1) is 13.2 Å². The summed E-state index contributed by atoms with van der Waals surface area (Å²) >= 11 is 0. The summed E-state index contributed by atoms with van der Waals surface area (Å²) in [6, 6.07) is 5.13. The minimum absolute atomic E-state index is 0.00527. The molecule has 0 aromatic heterocycles. The second-order valence-corrected chi connectivity index (χ2v) is 7.94. The Hall–Kier alpha value is -3.17. The zero-order valence-corrected chi connectivity index (χ0v) is 17.2. The van der Waals surface area contributed by atoms with Crippen molar-refractivity contribution in [1.29, 1.82) is 0 Å². The first-order valence-corrected chi connectivity index (χ1v) is 10.4. The minimum Gasteiger partial charge on any atom is -0.493 e. The van der Waals surface area contributed by atoms with Crippen molar-refractivity contribution in [1.82, 2.24) is 10.2 Å². The van der Waals surface area contributed by atoms with E-state index < -0.39 is 6.36 Å². The molecule has 0 radical (unpaired) electrons. The summed E-state index contributed by atoms with van der Waals surface area (Å²) in [7, 11) is 0. The molecule has 2 heterocycles. The third-order valence-corrected chi connectivity index (χ3v) is 5.62. The van der Waals surface area contributed by atoms with Gasteiger partial charge in [0.15, 0.2) is 6.61 Å². The van der Waals surface area contributed by atoms with E-state index in [1.807, 2.05) is 0 Å². The van der Waals surface area contributed by atoms with Crippen molar-refractivity contribution in [3.8, 4) is 11.5 Å². The van der Waals surface area contributed by atoms with Crippen molar-refractivity contribution in [2.24, 2.45) is 5.92 Å². The number of morpholine rings is 1. The van der Waals surface area contributed by atoms with Gasteiger partial charge in [-0.05, 0) is 37.0 Å². The van der Waals surface area contributed by atoms with Gasteiger partial charge in [-0.3, -0.25) is 9.59 Å². The number of hydrogen-bond acceptors (Lipinski definition) is 5. The minimum atomic E-state index is -4.75. The van der Waals surface area contributed by atoms with E-state index in [1.54, 1.807) is 23.1 Å². The summed E-state index contributed by atoms with van der Waals surface area (Å²) in [5.41, 5.74) is 0.626. The van der Waals surface area contributed by atoms with E-state index in [1.165, 1.54) is 18.2 Å². The number of amides is 2. The Morgan fingerprint density at radius 3 is 2.69 bits per heavy atom. The Kier molecular flexibility index (Phi) is 6.29. The number of fused-ring (bicyclic) bond motifs is 1. The first-order valence-electron chi connectivity index (χ1n) is 10.4. The van der Waals surface area contributed by atoms with Gasteiger partial charge in [0.05, 0.1) is 12.6 Å². The average Bonchev–Trinajstić information content (AvgIpc) is 2.76. The van der Waals surface area contributed by atoms with Crippen LogP contribution in [-0.4, -0.2) is 55.4 Å². The smallest absolute Gasteiger partial charge is 0.493 e. The van der Waals surface area contributed by atoms with E-state index in [2.05, 4.69) is 10.1 Å². The predicted molar refractivity (Wildman–Crippen MR) is 107 cm³/mol. The maximum absolute atomic E-state index is 12.9. The topological polar surface area (TPSA) is 77.1 Å². The molecule has 10 heteroatoms. The van der Waals surface area contributed by atoms with Crippen LogP contribution in [0.25, 0.3) is 0 Å². The zero-order chi connectivity index (χ0) is 22.7. The lowest BCUT2D eigenvalue weighted by molar-refractivity contribution is -0.274. The van der Waals surface area contributed by atoms with Gasteiger partial charge >= 0.3 is 6.36 Å². The molecule has 1 atom stereocenters. The van der Waals surface area contributed by atoms with Crippen molar-refractivity contribution in [2.45, 2.75) is 31.7 Å². The average molecular weight is 452 g/mol. The number of nitrogens with one attached hydrogen (secondary N) is 1. The Bertz CT molecular complexity index is 936. The lowest BCUT2D eigenvalue weighted by Crippen LogP contribution is -2.47. The Labute approximate surface area is 182 Å². The van der Waals surface area contributed by atoms with E-state index in [-0.39, 0.29) is 36.1 Å². The Balaban J connectivity index is 1.25. The maximum Gasteiger partial charge on any atom is 0.573 e. The van der Waals surface area contributed by atoms with Gasteiger partial charge in [0, 0.05) is 31.1 Å². The molecule has 32 heavy (non-hydrogen) atoms. The fourth-order valence-corrected chi connectivity index (χ4v) is 3.98. The van der Waals surface area contributed by atoms with Gasteiger partial charge in [0.2, 0.25) is 5.91 Å². The lowest BCUT2D eigenvalue weighted by Gasteiger charge is -2.34. The maximum atomic E-state index is 12.9. The standard InChI is InChI=1S/C22H23F3N2O5/c23-22(24,25)32-17-3-1-2-16(11-17)30-12-14-6-8-27(9-7-14)21(29)15-4-5-19-18(10-15)26-20(28)13-31-19/h1-5,11,14,18H,6-10,12-13H2,(H,26,28). The highest BCUT2D eigenvalue weighted by Gasteiger charge is 2.33. The number of benzene rings is 1. The third kappa shape index (κ3) is 5.54. The van der Waals surface area contributed by atoms with Gasteiger partial charge in [-0.1, -0.05) is 12.1 Å². The van der Waals surface area contributed by atoms with Gasteiger partial charge in [-0.25, -0.2) is 0 Å². The zero-order valence-electron chi connectivity index (χ0n) is 17.2. The molecule has 1 aliphatic carbocycles. The molecule has 1 unspecified atom stereocenters. The molecule has 2 fully saturated rings. The monoisotopic (exact) mass is 452 g/mol. The van der Waals surface area contributed by atoms with Crippen molar-refractivity contribution < 1.29 is 37.0 Å². The van der Waals surface area contributed by atoms with Crippen LogP contribution in [0.4, 0.5) is 13.2 Å². The van der Waals surface area contributed by atoms with E-state index in [9.17, 15) is 22.8 Å². The Morgan fingerprint density at radius 2 is 1.94 bits per heavy atom. The molecule has 2 aliphatic heterocycles. The molecule has 2 saturated heterocycles. The van der Waals surface area contributed by atoms with Gasteiger partial charge in [0.1, 0.15) is 17.3 Å². The molecule has 0 bridgehead atoms. The van der Waals surface area contributed by atoms with E-state index in [0.717, 1.165) is 12.8 Å². The molecule has 0 spiro atoms. The molecule has 4 rings (SSSR count). The van der Waals surface area contributed by atoms with E-state index in [0.29, 0.717) is 43.2 Å². The predicted octanol–water partition coefficient (Wildman–Crippen LogP) is 2.93. The van der Waals surface area contributed by atoms with Crippen molar-refractivity contribution in [2.75, 3.05) is 26.3 Å². The molecule has 1 aromatic carbocycles. The van der Waals surface area contributed by atoms with Crippen LogP contribution in [0.3, 0.4) is 0 Å². The number of allylic oxidation sites excluding steroid dienone is 2. The van der Waals surface area contributed by atoms with Crippen LogP contribution in [0, 0.1) is 5.92 Å². The van der Waals surface area contributed by atoms with Crippen LogP contribution in [0.2, 0.25) is 0 Å². The fourth-order valence-electron chi connectivity index (χ4n) is 3.98. The molecule has 3 aliphatic rings. The molecular formula is C22H23F3N2O5. The highest BCUT2D eigenvalue weighted by Crippen LogP contribution is 2.28. The Morgan fingerprint density at radius 1 is 1.19 bits per heavy atom. The molecule has 1 aromatic rings. The molecule has 1 N–H and O–H groups in total. The molecule has 7 nitrogen and oxygen atoms in total. The highest BCUT2D eigenvalue weighted by molar-refractivity contribution is 5.94. The summed E-state index contributed by atoms with van der Waals surface area (Å²) in [4.78, 5) is 26.2. The van der Waals surface area contributed by atoms with E-state index >= 15 is 0 Å². The number of nitrogens with zero attached hydrogens (tertiary/aromatic N) is 1. The molecular weight excluding hydrogens is 429 g/mol. The van der Waals surface area contributed by atoms with Crippen LogP contribution < -0.4 is 14.8 Å². The SMILES string of the molecule is O=C1COC2=CC=C(C(=O)N3CCC(COc4cccc(OC(F)(F)F)c4)CC3)CC2N1. The van der Waals surface area contributed by atoms with Crippen LogP contribution in [-0.2, 0) is 14.3 Å². The second-order valence-electron chi connectivity index (χ2n) is 7.94. The molecule has 2 amide bonds. The van der Waals surface area contributed by atoms with Crippen LogP contribution in [0.5, 0.6) is 11.5 Å². The first-order chi connectivity index (χ1) is 15.3. The number of hydrogen-bond donors (Lipinski definition) is 1. The number of ether oxygens (including phenoxy) is 3. The quantitative estimate of drug-likeness (QED) is 0.744. The van der Waals surface area contributed by atoms with Gasteiger partial charge in [-0.2, -0.15) is 0 Å². The summed E-state index contributed by atoms with van der Waals surface area (Å²) in [5.74, 6) is 0.573. The second kappa shape index (κ2) is 9.13. The largest absolute Gasteiger partial charge is 0.573 e. The number of halogens is 3. The van der Waals surface area contributed by atoms with Crippen molar-refractivity contribution in [3.63, 3.8) is 0 Å². The van der Waals surface area contributed by atoms with Crippen molar-refractivity contribution in [3.05, 3.63) is 47.7 Å². The van der Waals surface area contributed by atoms with Crippen LogP contribution in [0.15, 0.2) is 47.7 Å².